The Bertz CT molecular complexity index is 446. The number of carbonyl (C=O) groups excluding carboxylic acids is 1. The minimum Gasteiger partial charge on any atom is -0.368 e. The number of nitrogens with two attached hydrogens (primary N) is 1. The number of nitrogens with zero attached hydrogens (tertiary/aromatic N) is 1. The summed E-state index contributed by atoms with van der Waals surface area (Å²) in [7, 11) is 0. The molecule has 1 heterocycles. The summed E-state index contributed by atoms with van der Waals surface area (Å²) in [5.74, 6) is -0.363. The van der Waals surface area contributed by atoms with Crippen LogP contribution in [0.25, 0.3) is 0 Å². The summed E-state index contributed by atoms with van der Waals surface area (Å²) in [4.78, 5) is 14.1. The topological polar surface area (TPSA) is 58.4 Å². The third kappa shape index (κ3) is 2.23. The van der Waals surface area contributed by atoms with Crippen molar-refractivity contribution in [1.82, 2.24) is 10.2 Å². The molecule has 1 aromatic carbocycles. The zero-order valence-corrected chi connectivity index (χ0v) is 11.2. The first kappa shape index (κ1) is 13.3. The number of benzene rings is 1. The van der Waals surface area contributed by atoms with Crippen LogP contribution in [0.5, 0.6) is 0 Å². The minimum absolute atomic E-state index is 0.363. The molecule has 0 bridgehead atoms. The van der Waals surface area contributed by atoms with Gasteiger partial charge in [-0.15, -0.1) is 0 Å². The van der Waals surface area contributed by atoms with Crippen LogP contribution >= 0.6 is 11.6 Å². The number of primary amides is 1. The largest absolute Gasteiger partial charge is 0.368 e. The Kier molecular flexibility index (Phi) is 3.90. The van der Waals surface area contributed by atoms with E-state index in [1.165, 1.54) is 0 Å². The van der Waals surface area contributed by atoms with Gasteiger partial charge in [-0.1, -0.05) is 29.8 Å². The Morgan fingerprint density at radius 2 is 2.00 bits per heavy atom. The van der Waals surface area contributed by atoms with Crippen LogP contribution in [-0.4, -0.2) is 37.0 Å². The molecule has 0 aliphatic carbocycles. The highest BCUT2D eigenvalue weighted by molar-refractivity contribution is 6.31. The van der Waals surface area contributed by atoms with Crippen molar-refractivity contribution in [3.05, 3.63) is 34.9 Å². The lowest BCUT2D eigenvalue weighted by molar-refractivity contribution is -0.130. The summed E-state index contributed by atoms with van der Waals surface area (Å²) in [5.41, 5.74) is 5.58. The Morgan fingerprint density at radius 3 is 2.56 bits per heavy atom. The molecular formula is C13H18ClN3O. The number of halogens is 1. The lowest BCUT2D eigenvalue weighted by Crippen LogP contribution is -2.58. The Morgan fingerprint density at radius 1 is 1.39 bits per heavy atom. The highest BCUT2D eigenvalue weighted by Crippen LogP contribution is 2.33. The van der Waals surface area contributed by atoms with E-state index in [1.807, 2.05) is 25.1 Å². The molecule has 1 fully saturated rings. The Labute approximate surface area is 112 Å². The van der Waals surface area contributed by atoms with Crippen LogP contribution in [-0.2, 0) is 10.3 Å². The second-order valence-corrected chi connectivity index (χ2v) is 5.06. The zero-order chi connectivity index (χ0) is 13.2. The number of hydrogen-bond acceptors (Lipinski definition) is 3. The number of nitrogens with one attached hydrogen (secondary N) is 1. The van der Waals surface area contributed by atoms with Gasteiger partial charge in [0, 0.05) is 36.8 Å². The maximum absolute atomic E-state index is 12.0. The predicted octanol–water partition coefficient (Wildman–Crippen LogP) is 0.946. The Hall–Kier alpha value is -1.10. The number of carbonyl (C=O) groups is 1. The molecule has 1 unspecified atom stereocenters. The summed E-state index contributed by atoms with van der Waals surface area (Å²) < 4.78 is 0. The van der Waals surface area contributed by atoms with E-state index in [1.54, 1.807) is 6.07 Å². The molecule has 4 nitrogen and oxygen atoms in total. The molecular weight excluding hydrogens is 250 g/mol. The van der Waals surface area contributed by atoms with E-state index in [9.17, 15) is 4.79 Å². The smallest absolute Gasteiger partial charge is 0.242 e. The Balaban J connectivity index is 2.43. The maximum Gasteiger partial charge on any atom is 0.242 e. The molecule has 1 aliphatic rings. The van der Waals surface area contributed by atoms with Gasteiger partial charge in [-0.05, 0) is 13.0 Å². The highest BCUT2D eigenvalue weighted by atomic mass is 35.5. The van der Waals surface area contributed by atoms with Crippen molar-refractivity contribution < 1.29 is 4.79 Å². The third-order valence-corrected chi connectivity index (χ3v) is 3.96. The van der Waals surface area contributed by atoms with Gasteiger partial charge in [0.05, 0.1) is 0 Å². The summed E-state index contributed by atoms with van der Waals surface area (Å²) >= 11 is 6.22. The van der Waals surface area contributed by atoms with Crippen LogP contribution in [0.1, 0.15) is 12.5 Å². The van der Waals surface area contributed by atoms with Crippen LogP contribution in [0.15, 0.2) is 24.3 Å². The van der Waals surface area contributed by atoms with Gasteiger partial charge in [0.2, 0.25) is 5.91 Å². The summed E-state index contributed by atoms with van der Waals surface area (Å²) in [6.45, 7) is 5.12. The van der Waals surface area contributed by atoms with Crippen molar-refractivity contribution in [1.29, 1.82) is 0 Å². The summed E-state index contributed by atoms with van der Waals surface area (Å²) in [5, 5.41) is 3.85. The maximum atomic E-state index is 12.0. The number of hydrogen-bond donors (Lipinski definition) is 2. The van der Waals surface area contributed by atoms with Crippen LogP contribution in [0.4, 0.5) is 0 Å². The van der Waals surface area contributed by atoms with E-state index in [2.05, 4.69) is 10.2 Å². The average molecular weight is 268 g/mol. The number of piperazine rings is 1. The molecule has 1 amide bonds. The first-order valence-electron chi connectivity index (χ1n) is 6.07. The quantitative estimate of drug-likeness (QED) is 0.857. The van der Waals surface area contributed by atoms with Gasteiger partial charge in [-0.2, -0.15) is 0 Å². The van der Waals surface area contributed by atoms with Crippen molar-refractivity contribution >= 4 is 17.5 Å². The molecule has 2 rings (SSSR count). The van der Waals surface area contributed by atoms with Gasteiger partial charge in [-0.25, -0.2) is 0 Å². The lowest BCUT2D eigenvalue weighted by atomic mass is 9.88. The fraction of sp³-hybridized carbons (Fsp3) is 0.462. The normalized spacial score (nSPS) is 20.3. The molecule has 5 heteroatoms. The molecule has 0 aromatic heterocycles. The second-order valence-electron chi connectivity index (χ2n) is 4.65. The van der Waals surface area contributed by atoms with E-state index >= 15 is 0 Å². The van der Waals surface area contributed by atoms with Gasteiger partial charge in [-0.3, -0.25) is 9.69 Å². The molecule has 98 valence electrons. The second kappa shape index (κ2) is 5.26. The SMILES string of the molecule is CC(C(N)=O)(c1ccccc1Cl)N1CCNCC1. The minimum atomic E-state index is -0.847. The lowest BCUT2D eigenvalue weighted by Gasteiger charge is -2.42. The number of amides is 1. The molecule has 1 aromatic rings. The molecule has 1 saturated heterocycles. The van der Waals surface area contributed by atoms with Gasteiger partial charge in [0.15, 0.2) is 0 Å². The van der Waals surface area contributed by atoms with E-state index in [0.29, 0.717) is 5.02 Å². The molecule has 3 N–H and O–H groups in total. The van der Waals surface area contributed by atoms with Crippen molar-refractivity contribution in [2.24, 2.45) is 5.73 Å². The van der Waals surface area contributed by atoms with E-state index in [0.717, 1.165) is 31.7 Å². The fourth-order valence-corrected chi connectivity index (χ4v) is 2.75. The van der Waals surface area contributed by atoms with Crippen LogP contribution in [0.3, 0.4) is 0 Å². The van der Waals surface area contributed by atoms with Gasteiger partial charge in [0.1, 0.15) is 5.54 Å². The van der Waals surface area contributed by atoms with Gasteiger partial charge >= 0.3 is 0 Å². The van der Waals surface area contributed by atoms with Crippen LogP contribution in [0.2, 0.25) is 5.02 Å². The van der Waals surface area contributed by atoms with E-state index in [-0.39, 0.29) is 5.91 Å². The standard InChI is InChI=1S/C13H18ClN3O/c1-13(12(15)18,17-8-6-16-7-9-17)10-4-2-3-5-11(10)14/h2-5,16H,6-9H2,1H3,(H2,15,18). The van der Waals surface area contributed by atoms with Gasteiger partial charge < -0.3 is 11.1 Å². The number of rotatable bonds is 3. The van der Waals surface area contributed by atoms with Crippen molar-refractivity contribution in [2.45, 2.75) is 12.5 Å². The molecule has 1 atom stereocenters. The molecule has 0 spiro atoms. The van der Waals surface area contributed by atoms with Gasteiger partial charge in [0.25, 0.3) is 0 Å². The zero-order valence-electron chi connectivity index (χ0n) is 10.4. The van der Waals surface area contributed by atoms with Crippen LogP contribution in [0, 0.1) is 0 Å². The van der Waals surface area contributed by atoms with Crippen molar-refractivity contribution in [2.75, 3.05) is 26.2 Å². The summed E-state index contributed by atoms with van der Waals surface area (Å²) in [6.07, 6.45) is 0. The van der Waals surface area contributed by atoms with Crippen LogP contribution < -0.4 is 11.1 Å². The molecule has 18 heavy (non-hydrogen) atoms. The van der Waals surface area contributed by atoms with E-state index < -0.39 is 5.54 Å². The van der Waals surface area contributed by atoms with E-state index in [4.69, 9.17) is 17.3 Å². The van der Waals surface area contributed by atoms with Crippen molar-refractivity contribution in [3.8, 4) is 0 Å². The first-order chi connectivity index (χ1) is 8.56. The first-order valence-corrected chi connectivity index (χ1v) is 6.45. The third-order valence-electron chi connectivity index (χ3n) is 3.63. The fourth-order valence-electron chi connectivity index (χ4n) is 2.43. The molecule has 1 aliphatic heterocycles. The highest BCUT2D eigenvalue weighted by Gasteiger charge is 2.41. The monoisotopic (exact) mass is 267 g/mol. The average Bonchev–Trinajstić information content (AvgIpc) is 2.39. The summed E-state index contributed by atoms with van der Waals surface area (Å²) in [6, 6.07) is 7.39. The molecule has 0 saturated carbocycles. The molecule has 0 radical (unpaired) electrons. The van der Waals surface area contributed by atoms with Crippen molar-refractivity contribution in [3.63, 3.8) is 0 Å². The predicted molar refractivity (Wildman–Crippen MR) is 72.4 cm³/mol.